The van der Waals surface area contributed by atoms with E-state index < -0.39 is 0 Å². The van der Waals surface area contributed by atoms with E-state index in [1.165, 1.54) is 0 Å². The molecule has 2 heterocycles. The molecule has 0 aromatic heterocycles. The molecule has 2 aliphatic rings. The summed E-state index contributed by atoms with van der Waals surface area (Å²) in [4.78, 5) is 8.04. The smallest absolute Gasteiger partial charge is 0.167 e. The quantitative estimate of drug-likeness (QED) is 0.480. The maximum absolute atomic E-state index is 4.04. The highest BCUT2D eigenvalue weighted by molar-refractivity contribution is 6.30. The van der Waals surface area contributed by atoms with Crippen LogP contribution in [0.4, 0.5) is 0 Å². The summed E-state index contributed by atoms with van der Waals surface area (Å²) in [5, 5.41) is 1.86. The molecule has 2 aliphatic heterocycles. The lowest BCUT2D eigenvalue weighted by molar-refractivity contribution is 0.380. The Bertz CT molecular complexity index is 203. The molecule has 0 spiro atoms. The van der Waals surface area contributed by atoms with Crippen molar-refractivity contribution in [3.05, 3.63) is 12.4 Å². The first kappa shape index (κ1) is 4.55. The summed E-state index contributed by atoms with van der Waals surface area (Å²) in [6, 6.07) is 0. The number of nitrogens with one attached hydrogen (secondary N) is 1. The molecule has 0 aromatic rings. The van der Waals surface area contributed by atoms with Gasteiger partial charge in [0.25, 0.3) is 0 Å². The van der Waals surface area contributed by atoms with Crippen LogP contribution < -0.4 is 5.43 Å². The minimum absolute atomic E-state index is 0.670. The summed E-state index contributed by atoms with van der Waals surface area (Å²) in [6.45, 7) is 0.670. The van der Waals surface area contributed by atoms with Gasteiger partial charge in [-0.3, -0.25) is 4.99 Å². The summed E-state index contributed by atoms with van der Waals surface area (Å²) in [7, 11) is 0. The molecule has 0 fully saturated rings. The van der Waals surface area contributed by atoms with E-state index in [0.29, 0.717) is 6.67 Å². The highest BCUT2D eigenvalue weighted by Crippen LogP contribution is 1.98. The highest BCUT2D eigenvalue weighted by Gasteiger charge is 2.13. The van der Waals surface area contributed by atoms with Crippen LogP contribution in [0.25, 0.3) is 0 Å². The zero-order valence-corrected chi connectivity index (χ0v) is 4.78. The highest BCUT2D eigenvalue weighted by atomic mass is 15.6. The van der Waals surface area contributed by atoms with Crippen molar-refractivity contribution < 1.29 is 0 Å². The molecule has 0 saturated carbocycles. The predicted molar refractivity (Wildman–Crippen MR) is 34.9 cm³/mol. The van der Waals surface area contributed by atoms with E-state index >= 15 is 0 Å². The lowest BCUT2D eigenvalue weighted by Crippen LogP contribution is -2.38. The van der Waals surface area contributed by atoms with Crippen LogP contribution in [0.3, 0.4) is 0 Å². The Morgan fingerprint density at radius 2 is 2.67 bits per heavy atom. The SMILES string of the molecule is C1=CNN2CN=CC2=N1. The number of nitrogens with zero attached hydrogens (tertiary/aromatic N) is 3. The minimum atomic E-state index is 0.670. The van der Waals surface area contributed by atoms with Crippen molar-refractivity contribution >= 4 is 12.1 Å². The van der Waals surface area contributed by atoms with Crippen LogP contribution in [-0.2, 0) is 0 Å². The Morgan fingerprint density at radius 3 is 3.56 bits per heavy atom. The summed E-state index contributed by atoms with van der Waals surface area (Å²) in [5.74, 6) is 0.887. The van der Waals surface area contributed by atoms with Gasteiger partial charge in [0.15, 0.2) is 5.84 Å². The molecule has 0 bridgehead atoms. The molecule has 0 amide bonds. The number of hydrazine groups is 1. The van der Waals surface area contributed by atoms with Crippen molar-refractivity contribution in [3.63, 3.8) is 0 Å². The Kier molecular flexibility index (Phi) is 0.798. The summed E-state index contributed by atoms with van der Waals surface area (Å²) >= 11 is 0. The molecule has 1 N–H and O–H groups in total. The van der Waals surface area contributed by atoms with Crippen molar-refractivity contribution in [1.82, 2.24) is 10.4 Å². The molecule has 0 unspecified atom stereocenters. The topological polar surface area (TPSA) is 40.0 Å². The molecule has 0 aromatic carbocycles. The maximum atomic E-state index is 4.04. The van der Waals surface area contributed by atoms with Gasteiger partial charge >= 0.3 is 0 Å². The Hall–Kier alpha value is -1.32. The van der Waals surface area contributed by atoms with E-state index in [1.807, 2.05) is 5.01 Å². The molecule has 0 saturated heterocycles. The second kappa shape index (κ2) is 1.58. The van der Waals surface area contributed by atoms with Crippen LogP contribution in [0.1, 0.15) is 0 Å². The van der Waals surface area contributed by atoms with Crippen molar-refractivity contribution in [1.29, 1.82) is 0 Å². The van der Waals surface area contributed by atoms with E-state index in [1.54, 1.807) is 18.6 Å². The van der Waals surface area contributed by atoms with Gasteiger partial charge in [-0.2, -0.15) is 0 Å². The molecular formula is C5H6N4. The van der Waals surface area contributed by atoms with Gasteiger partial charge in [0, 0.05) is 12.4 Å². The van der Waals surface area contributed by atoms with Crippen molar-refractivity contribution in [2.75, 3.05) is 6.67 Å². The number of hydrogen-bond donors (Lipinski definition) is 1. The molecule has 4 heteroatoms. The number of hydrogen-bond acceptors (Lipinski definition) is 4. The van der Waals surface area contributed by atoms with Crippen molar-refractivity contribution in [2.45, 2.75) is 0 Å². The molecule has 0 aliphatic carbocycles. The van der Waals surface area contributed by atoms with Gasteiger partial charge in [-0.1, -0.05) is 0 Å². The number of amidine groups is 1. The Morgan fingerprint density at radius 1 is 1.67 bits per heavy atom. The van der Waals surface area contributed by atoms with Gasteiger partial charge in [-0.25, -0.2) is 10.0 Å². The molecule has 4 nitrogen and oxygen atoms in total. The fourth-order valence-corrected chi connectivity index (χ4v) is 0.793. The van der Waals surface area contributed by atoms with Crippen LogP contribution in [0.15, 0.2) is 22.4 Å². The third kappa shape index (κ3) is 0.595. The van der Waals surface area contributed by atoms with Crippen LogP contribution in [-0.4, -0.2) is 23.7 Å². The van der Waals surface area contributed by atoms with Crippen LogP contribution >= 0.6 is 0 Å². The standard InChI is InChI=1S/C5H6N4/c1-2-8-9-4-6-3-5(9)7-1/h1-3,8H,4H2. The van der Waals surface area contributed by atoms with Gasteiger partial charge in [0.1, 0.15) is 6.67 Å². The van der Waals surface area contributed by atoms with E-state index in [2.05, 4.69) is 15.4 Å². The van der Waals surface area contributed by atoms with Gasteiger partial charge in [0.05, 0.1) is 6.21 Å². The summed E-state index contributed by atoms with van der Waals surface area (Å²) < 4.78 is 0. The third-order valence-electron chi connectivity index (χ3n) is 1.22. The van der Waals surface area contributed by atoms with Crippen LogP contribution in [0.2, 0.25) is 0 Å². The first-order valence-electron chi connectivity index (χ1n) is 2.73. The van der Waals surface area contributed by atoms with Crippen molar-refractivity contribution in [3.8, 4) is 0 Å². The molecule has 2 rings (SSSR count). The average molecular weight is 122 g/mol. The van der Waals surface area contributed by atoms with E-state index in [4.69, 9.17) is 0 Å². The predicted octanol–water partition coefficient (Wildman–Crippen LogP) is -0.282. The van der Waals surface area contributed by atoms with Crippen LogP contribution in [0, 0.1) is 0 Å². The third-order valence-corrected chi connectivity index (χ3v) is 1.22. The average Bonchev–Trinajstić information content (AvgIpc) is 2.33. The molecular weight excluding hydrogens is 116 g/mol. The molecule has 0 atom stereocenters. The largest absolute Gasteiger partial charge is 0.301 e. The monoisotopic (exact) mass is 122 g/mol. The van der Waals surface area contributed by atoms with E-state index in [-0.39, 0.29) is 0 Å². The molecule has 0 radical (unpaired) electrons. The van der Waals surface area contributed by atoms with E-state index in [0.717, 1.165) is 5.84 Å². The fourth-order valence-electron chi connectivity index (χ4n) is 0.793. The minimum Gasteiger partial charge on any atom is -0.301 e. The first-order chi connectivity index (χ1) is 4.47. The Labute approximate surface area is 52.6 Å². The normalized spacial score (nSPS) is 21.3. The second-order valence-electron chi connectivity index (χ2n) is 1.81. The second-order valence-corrected chi connectivity index (χ2v) is 1.81. The Balaban J connectivity index is 2.31. The molecule has 9 heavy (non-hydrogen) atoms. The zero-order valence-electron chi connectivity index (χ0n) is 4.78. The summed E-state index contributed by atoms with van der Waals surface area (Å²) in [5.41, 5.74) is 2.98. The molecule has 46 valence electrons. The maximum Gasteiger partial charge on any atom is 0.167 e. The van der Waals surface area contributed by atoms with Gasteiger partial charge in [-0.15, -0.1) is 0 Å². The van der Waals surface area contributed by atoms with Gasteiger partial charge in [-0.05, 0) is 0 Å². The van der Waals surface area contributed by atoms with E-state index in [9.17, 15) is 0 Å². The van der Waals surface area contributed by atoms with Gasteiger partial charge < -0.3 is 5.43 Å². The van der Waals surface area contributed by atoms with Crippen molar-refractivity contribution in [2.24, 2.45) is 9.98 Å². The number of rotatable bonds is 0. The first-order valence-corrected chi connectivity index (χ1v) is 2.73. The van der Waals surface area contributed by atoms with Gasteiger partial charge in [0.2, 0.25) is 0 Å². The lowest BCUT2D eigenvalue weighted by atomic mass is 10.6. The number of fused-ring (bicyclic) bond motifs is 1. The zero-order chi connectivity index (χ0) is 6.10. The summed E-state index contributed by atoms with van der Waals surface area (Å²) in [6.07, 6.45) is 5.23. The van der Waals surface area contributed by atoms with Crippen LogP contribution in [0.5, 0.6) is 0 Å². The number of aliphatic imine (C=N–C) groups is 2. The lowest BCUT2D eigenvalue weighted by Gasteiger charge is -2.18. The fraction of sp³-hybridized carbons (Fsp3) is 0.200.